The topological polar surface area (TPSA) is 57.2 Å². The summed E-state index contributed by atoms with van der Waals surface area (Å²) in [5.41, 5.74) is 1.10. The van der Waals surface area contributed by atoms with Crippen LogP contribution in [0.1, 0.15) is 37.0 Å². The fourth-order valence-corrected chi connectivity index (χ4v) is 3.94. The molecule has 2 aromatic rings. The van der Waals surface area contributed by atoms with Crippen LogP contribution in [-0.4, -0.2) is 23.2 Å². The van der Waals surface area contributed by atoms with Gasteiger partial charge in [0.05, 0.1) is 4.88 Å². The molecule has 5 heteroatoms. The lowest BCUT2D eigenvalue weighted by molar-refractivity contribution is 0.373. The van der Waals surface area contributed by atoms with Crippen LogP contribution in [0.25, 0.3) is 0 Å². The van der Waals surface area contributed by atoms with Crippen molar-refractivity contribution in [2.75, 3.05) is 23.7 Å². The van der Waals surface area contributed by atoms with Gasteiger partial charge < -0.3 is 15.7 Å². The molecule has 23 heavy (non-hydrogen) atoms. The molecule has 0 bridgehead atoms. The molecule has 124 valence electrons. The van der Waals surface area contributed by atoms with Crippen LogP contribution in [-0.2, 0) is 6.42 Å². The number of benzene rings is 1. The normalized spacial score (nSPS) is 15.5. The number of nitrogens with zero attached hydrogens (tertiary/aromatic N) is 1. The summed E-state index contributed by atoms with van der Waals surface area (Å²) < 4.78 is 0. The lowest BCUT2D eigenvalue weighted by atomic mass is 9.89. The summed E-state index contributed by atoms with van der Waals surface area (Å²) in [6.45, 7) is 1.77. The van der Waals surface area contributed by atoms with Crippen molar-refractivity contribution >= 4 is 22.2 Å². The van der Waals surface area contributed by atoms with Crippen molar-refractivity contribution in [3.8, 4) is 5.88 Å². The molecule has 0 aliphatic heterocycles. The third-order valence-electron chi connectivity index (χ3n) is 4.40. The van der Waals surface area contributed by atoms with Gasteiger partial charge in [0.1, 0.15) is 0 Å². The van der Waals surface area contributed by atoms with Gasteiger partial charge in [0, 0.05) is 25.2 Å². The van der Waals surface area contributed by atoms with Gasteiger partial charge in [-0.2, -0.15) is 4.98 Å². The Labute approximate surface area is 142 Å². The first-order valence-electron chi connectivity index (χ1n) is 8.53. The molecule has 1 saturated carbocycles. The Morgan fingerprint density at radius 2 is 1.87 bits per heavy atom. The summed E-state index contributed by atoms with van der Waals surface area (Å²) in [7, 11) is 0. The average molecular weight is 331 g/mol. The van der Waals surface area contributed by atoms with Crippen LogP contribution in [0.2, 0.25) is 0 Å². The molecule has 0 spiro atoms. The van der Waals surface area contributed by atoms with E-state index >= 15 is 0 Å². The van der Waals surface area contributed by atoms with Gasteiger partial charge in [-0.15, -0.1) is 0 Å². The highest BCUT2D eigenvalue weighted by Crippen LogP contribution is 2.30. The zero-order valence-corrected chi connectivity index (χ0v) is 14.2. The van der Waals surface area contributed by atoms with Gasteiger partial charge in [0.2, 0.25) is 5.88 Å². The second-order valence-electron chi connectivity index (χ2n) is 6.19. The second-order valence-corrected chi connectivity index (χ2v) is 7.28. The molecule has 0 radical (unpaired) electrons. The van der Waals surface area contributed by atoms with E-state index in [1.165, 1.54) is 32.1 Å². The van der Waals surface area contributed by atoms with Crippen LogP contribution in [0.4, 0.5) is 10.8 Å². The maximum atomic E-state index is 10.00. The fraction of sp³-hybridized carbons (Fsp3) is 0.500. The third-order valence-corrected chi connectivity index (χ3v) is 5.46. The number of nitrogens with one attached hydrogen (secondary N) is 2. The van der Waals surface area contributed by atoms with Crippen molar-refractivity contribution in [1.82, 2.24) is 4.98 Å². The predicted molar refractivity (Wildman–Crippen MR) is 97.5 cm³/mol. The van der Waals surface area contributed by atoms with Gasteiger partial charge in [-0.25, -0.2) is 0 Å². The van der Waals surface area contributed by atoms with Crippen LogP contribution in [0, 0.1) is 5.92 Å². The Bertz CT molecular complexity index is 594. The molecule has 1 fully saturated rings. The number of hydrogen-bond donors (Lipinski definition) is 3. The summed E-state index contributed by atoms with van der Waals surface area (Å²) >= 11 is 1.57. The highest BCUT2D eigenvalue weighted by Gasteiger charge is 2.15. The van der Waals surface area contributed by atoms with E-state index in [0.717, 1.165) is 41.1 Å². The number of rotatable bonds is 7. The number of thiazole rings is 1. The highest BCUT2D eigenvalue weighted by atomic mass is 32.1. The van der Waals surface area contributed by atoms with Gasteiger partial charge in [0.25, 0.3) is 0 Å². The summed E-state index contributed by atoms with van der Waals surface area (Å²) in [6.07, 6.45) is 7.50. The lowest BCUT2D eigenvalue weighted by Crippen LogP contribution is -2.16. The van der Waals surface area contributed by atoms with Crippen molar-refractivity contribution < 1.29 is 5.11 Å². The number of aromatic hydroxyl groups is 1. The lowest BCUT2D eigenvalue weighted by Gasteiger charge is -2.21. The van der Waals surface area contributed by atoms with Crippen molar-refractivity contribution in [2.24, 2.45) is 5.92 Å². The summed E-state index contributed by atoms with van der Waals surface area (Å²) in [5, 5.41) is 17.6. The molecule has 1 aliphatic rings. The smallest absolute Gasteiger partial charge is 0.227 e. The minimum Gasteiger partial charge on any atom is -0.492 e. The molecule has 0 unspecified atom stereocenters. The van der Waals surface area contributed by atoms with Crippen molar-refractivity contribution in [3.63, 3.8) is 0 Å². The van der Waals surface area contributed by atoms with E-state index in [0.29, 0.717) is 0 Å². The van der Waals surface area contributed by atoms with E-state index in [4.69, 9.17) is 0 Å². The van der Waals surface area contributed by atoms with E-state index < -0.39 is 0 Å². The van der Waals surface area contributed by atoms with Crippen LogP contribution in [0.15, 0.2) is 30.3 Å². The second kappa shape index (κ2) is 8.20. The molecule has 3 rings (SSSR count). The Kier molecular flexibility index (Phi) is 5.75. The summed E-state index contributed by atoms with van der Waals surface area (Å²) in [5.74, 6) is 0.939. The van der Waals surface area contributed by atoms with E-state index in [-0.39, 0.29) is 5.88 Å². The maximum absolute atomic E-state index is 10.00. The number of aromatic nitrogens is 1. The van der Waals surface area contributed by atoms with Gasteiger partial charge in [0.15, 0.2) is 5.13 Å². The Morgan fingerprint density at radius 1 is 1.09 bits per heavy atom. The summed E-state index contributed by atoms with van der Waals surface area (Å²) in [6, 6.07) is 10.1. The van der Waals surface area contributed by atoms with Crippen LogP contribution >= 0.6 is 11.3 Å². The van der Waals surface area contributed by atoms with Gasteiger partial charge >= 0.3 is 0 Å². The first kappa shape index (κ1) is 16.1. The molecular formula is C18H25N3OS. The van der Waals surface area contributed by atoms with Gasteiger partial charge in [-0.05, 0) is 30.9 Å². The van der Waals surface area contributed by atoms with E-state index in [2.05, 4.69) is 15.6 Å². The SMILES string of the molecule is Oc1nc(NCC2CCCCC2)sc1CCNc1ccccc1. The van der Waals surface area contributed by atoms with Crippen molar-refractivity contribution in [3.05, 3.63) is 35.2 Å². The number of anilines is 2. The zero-order valence-electron chi connectivity index (χ0n) is 13.4. The molecule has 3 N–H and O–H groups in total. The Morgan fingerprint density at radius 3 is 2.65 bits per heavy atom. The molecule has 0 saturated heterocycles. The molecule has 1 aromatic heterocycles. The maximum Gasteiger partial charge on any atom is 0.227 e. The summed E-state index contributed by atoms with van der Waals surface area (Å²) in [4.78, 5) is 5.20. The molecular weight excluding hydrogens is 306 g/mol. The van der Waals surface area contributed by atoms with E-state index in [1.807, 2.05) is 30.3 Å². The van der Waals surface area contributed by atoms with Gasteiger partial charge in [-0.3, -0.25) is 0 Å². The standard InChI is InChI=1S/C18H25N3OS/c22-17-16(11-12-19-15-9-5-2-6-10-15)23-18(21-17)20-13-14-7-3-1-4-8-14/h2,5-6,9-10,14,19,22H,1,3-4,7-8,11-13H2,(H,20,21). The zero-order chi connectivity index (χ0) is 15.9. The van der Waals surface area contributed by atoms with Crippen molar-refractivity contribution in [1.29, 1.82) is 0 Å². The molecule has 0 amide bonds. The molecule has 1 heterocycles. The average Bonchev–Trinajstić information content (AvgIpc) is 2.95. The largest absolute Gasteiger partial charge is 0.492 e. The van der Waals surface area contributed by atoms with Crippen LogP contribution in [0.5, 0.6) is 5.88 Å². The number of para-hydroxylation sites is 1. The number of hydrogen-bond acceptors (Lipinski definition) is 5. The molecule has 4 nitrogen and oxygen atoms in total. The molecule has 0 atom stereocenters. The molecule has 1 aromatic carbocycles. The van der Waals surface area contributed by atoms with Crippen molar-refractivity contribution in [2.45, 2.75) is 38.5 Å². The van der Waals surface area contributed by atoms with E-state index in [1.54, 1.807) is 11.3 Å². The van der Waals surface area contributed by atoms with Crippen LogP contribution < -0.4 is 10.6 Å². The predicted octanol–water partition coefficient (Wildman–Crippen LogP) is 4.50. The molecule has 1 aliphatic carbocycles. The van der Waals surface area contributed by atoms with E-state index in [9.17, 15) is 5.11 Å². The minimum absolute atomic E-state index is 0.177. The Balaban J connectivity index is 1.45. The first-order valence-corrected chi connectivity index (χ1v) is 9.34. The quantitative estimate of drug-likeness (QED) is 0.699. The first-order chi connectivity index (χ1) is 11.3. The third kappa shape index (κ3) is 4.86. The highest BCUT2D eigenvalue weighted by molar-refractivity contribution is 7.15. The monoisotopic (exact) mass is 331 g/mol. The Hall–Kier alpha value is -1.75. The minimum atomic E-state index is 0.177. The fourth-order valence-electron chi connectivity index (χ4n) is 3.08. The van der Waals surface area contributed by atoms with Crippen LogP contribution in [0.3, 0.4) is 0 Å². The van der Waals surface area contributed by atoms with Gasteiger partial charge in [-0.1, -0.05) is 48.8 Å².